The summed E-state index contributed by atoms with van der Waals surface area (Å²) < 4.78 is 14.4. The van der Waals surface area contributed by atoms with Crippen molar-refractivity contribution in [2.45, 2.75) is 38.6 Å². The fourth-order valence-electron chi connectivity index (χ4n) is 4.42. The lowest BCUT2D eigenvalue weighted by Gasteiger charge is -2.37. The van der Waals surface area contributed by atoms with Crippen molar-refractivity contribution in [3.8, 4) is 22.5 Å². The molecule has 1 fully saturated rings. The van der Waals surface area contributed by atoms with Crippen molar-refractivity contribution in [3.05, 3.63) is 66.9 Å². The predicted octanol–water partition coefficient (Wildman–Crippen LogP) is 4.32. The molecule has 1 aliphatic rings. The number of hydrogen-bond acceptors (Lipinski definition) is 7. The molecule has 4 aromatic rings. The fraction of sp³-hybridized carbons (Fsp3) is 0.280. The van der Waals surface area contributed by atoms with Gasteiger partial charge in [-0.3, -0.25) is 19.9 Å². The lowest BCUT2D eigenvalue weighted by atomic mass is 9.92. The molecule has 0 saturated carbocycles. The number of rotatable bonds is 5. The Bertz CT molecular complexity index is 1330. The first-order valence-corrected chi connectivity index (χ1v) is 11.5. The summed E-state index contributed by atoms with van der Waals surface area (Å²) in [6.07, 6.45) is 9.91. The molecule has 4 heterocycles. The van der Waals surface area contributed by atoms with E-state index >= 15 is 0 Å². The second-order valence-electron chi connectivity index (χ2n) is 8.72. The van der Waals surface area contributed by atoms with Crippen LogP contribution in [0.15, 0.2) is 55.2 Å². The smallest absolute Gasteiger partial charge is 0.219 e. The maximum Gasteiger partial charge on any atom is 0.219 e. The van der Waals surface area contributed by atoms with Crippen molar-refractivity contribution in [2.24, 2.45) is 0 Å². The van der Waals surface area contributed by atoms with E-state index in [1.165, 1.54) is 12.1 Å². The number of benzene rings is 1. The van der Waals surface area contributed by atoms with Crippen LogP contribution in [-0.4, -0.2) is 53.5 Å². The van der Waals surface area contributed by atoms with Crippen LogP contribution >= 0.6 is 0 Å². The van der Waals surface area contributed by atoms with Crippen LogP contribution in [0.4, 0.5) is 15.9 Å². The highest BCUT2D eigenvalue weighted by Crippen LogP contribution is 2.32. The fourth-order valence-corrected chi connectivity index (χ4v) is 4.42. The molecule has 5 rings (SSSR count). The third kappa shape index (κ3) is 5.01. The first kappa shape index (κ1) is 22.6. The van der Waals surface area contributed by atoms with Gasteiger partial charge >= 0.3 is 0 Å². The summed E-state index contributed by atoms with van der Waals surface area (Å²) in [5.41, 5.74) is 3.20. The number of nitrogens with zero attached hydrogens (tertiary/aromatic N) is 6. The number of carbonyl (C=O) groups excluding carboxylic acids is 1. The number of carbonyl (C=O) groups is 1. The Morgan fingerprint density at radius 3 is 2.71 bits per heavy atom. The third-order valence-corrected chi connectivity index (χ3v) is 6.22. The molecule has 2 N–H and O–H groups in total. The number of piperidine rings is 1. The lowest BCUT2D eigenvalue weighted by Crippen LogP contribution is -2.44. The molecule has 1 aromatic carbocycles. The number of nitrogens with one attached hydrogen (secondary N) is 2. The Balaban J connectivity index is 1.52. The van der Waals surface area contributed by atoms with Crippen LogP contribution in [0.5, 0.6) is 0 Å². The SMILES string of the molecule is CC(=O)N1C[C@H](c2nc(Nc3cc(F)cc(-c4cn[nH]c4)c3)cc(-c3cnccn3)n2)CC[C@@H]1C. The van der Waals surface area contributed by atoms with Gasteiger partial charge in [0.1, 0.15) is 23.2 Å². The van der Waals surface area contributed by atoms with E-state index in [1.54, 1.807) is 44.0 Å². The van der Waals surface area contributed by atoms with Crippen LogP contribution in [0.2, 0.25) is 0 Å². The summed E-state index contributed by atoms with van der Waals surface area (Å²) in [6, 6.07) is 6.64. The first-order chi connectivity index (χ1) is 17.0. The van der Waals surface area contributed by atoms with Gasteiger partial charge in [0.05, 0.1) is 18.1 Å². The molecule has 0 aliphatic carbocycles. The zero-order chi connectivity index (χ0) is 24.4. The molecule has 178 valence electrons. The highest BCUT2D eigenvalue weighted by Gasteiger charge is 2.30. The number of H-pyrrole nitrogens is 1. The highest BCUT2D eigenvalue weighted by atomic mass is 19.1. The molecular weight excluding hydrogens is 447 g/mol. The number of amides is 1. The van der Waals surface area contributed by atoms with Gasteiger partial charge in [0.25, 0.3) is 0 Å². The topological polar surface area (TPSA) is 113 Å². The van der Waals surface area contributed by atoms with Gasteiger partial charge in [-0.2, -0.15) is 5.10 Å². The van der Waals surface area contributed by atoms with Crippen molar-refractivity contribution >= 4 is 17.4 Å². The van der Waals surface area contributed by atoms with Gasteiger partial charge in [-0.1, -0.05) is 0 Å². The summed E-state index contributed by atoms with van der Waals surface area (Å²) in [5, 5.41) is 9.92. The molecule has 0 spiro atoms. The summed E-state index contributed by atoms with van der Waals surface area (Å²) in [6.45, 7) is 4.19. The summed E-state index contributed by atoms with van der Waals surface area (Å²) in [4.78, 5) is 32.1. The zero-order valence-electron chi connectivity index (χ0n) is 19.4. The first-order valence-electron chi connectivity index (χ1n) is 11.5. The van der Waals surface area contributed by atoms with E-state index in [9.17, 15) is 9.18 Å². The molecule has 35 heavy (non-hydrogen) atoms. The minimum Gasteiger partial charge on any atom is -0.340 e. The van der Waals surface area contributed by atoms with E-state index in [1.807, 2.05) is 11.0 Å². The molecule has 0 unspecified atom stereocenters. The van der Waals surface area contributed by atoms with Crippen LogP contribution in [-0.2, 0) is 4.79 Å². The van der Waals surface area contributed by atoms with Gasteiger partial charge in [-0.15, -0.1) is 0 Å². The summed E-state index contributed by atoms with van der Waals surface area (Å²) >= 11 is 0. The highest BCUT2D eigenvalue weighted by molar-refractivity contribution is 5.74. The number of aromatic nitrogens is 6. The Kier molecular flexibility index (Phi) is 6.17. The van der Waals surface area contributed by atoms with Crippen LogP contribution < -0.4 is 5.32 Å². The molecule has 10 heteroatoms. The summed E-state index contributed by atoms with van der Waals surface area (Å²) in [5.74, 6) is 0.749. The van der Waals surface area contributed by atoms with Crippen LogP contribution in [0.3, 0.4) is 0 Å². The number of hydrogen-bond donors (Lipinski definition) is 2. The second-order valence-corrected chi connectivity index (χ2v) is 8.72. The number of anilines is 2. The Hall–Kier alpha value is -4.21. The van der Waals surface area contributed by atoms with Crippen molar-refractivity contribution in [1.82, 2.24) is 35.0 Å². The van der Waals surface area contributed by atoms with E-state index in [0.717, 1.165) is 18.4 Å². The van der Waals surface area contributed by atoms with Gasteiger partial charge in [-0.25, -0.2) is 14.4 Å². The average molecular weight is 473 g/mol. The Morgan fingerprint density at radius 2 is 1.97 bits per heavy atom. The number of likely N-dealkylation sites (tertiary alicyclic amines) is 1. The lowest BCUT2D eigenvalue weighted by molar-refractivity contribution is -0.132. The minimum absolute atomic E-state index is 0.0266. The molecule has 1 aliphatic heterocycles. The van der Waals surface area contributed by atoms with Crippen molar-refractivity contribution in [3.63, 3.8) is 0 Å². The van der Waals surface area contributed by atoms with Gasteiger partial charge < -0.3 is 10.2 Å². The maximum absolute atomic E-state index is 14.4. The van der Waals surface area contributed by atoms with E-state index in [0.29, 0.717) is 40.8 Å². The average Bonchev–Trinajstić information content (AvgIpc) is 3.39. The maximum atomic E-state index is 14.4. The van der Waals surface area contributed by atoms with Crippen molar-refractivity contribution in [2.75, 3.05) is 11.9 Å². The van der Waals surface area contributed by atoms with Gasteiger partial charge in [0.15, 0.2) is 0 Å². The normalized spacial score (nSPS) is 17.9. The standard InChI is InChI=1S/C25H25FN8O/c1-15-3-4-17(14-34(15)16(2)35)25-32-22(23-13-27-5-6-28-23)10-24(33-25)31-21-8-18(7-20(26)9-21)19-11-29-30-12-19/h5-13,15,17H,3-4,14H2,1-2H3,(H,29,30)(H,31,32,33)/t15-,17+/m0/s1. The van der Waals surface area contributed by atoms with E-state index in [2.05, 4.69) is 32.4 Å². The second kappa shape index (κ2) is 9.57. The minimum atomic E-state index is -0.381. The van der Waals surface area contributed by atoms with Crippen molar-refractivity contribution < 1.29 is 9.18 Å². The molecule has 9 nitrogen and oxygen atoms in total. The Morgan fingerprint density at radius 1 is 1.09 bits per heavy atom. The van der Waals surface area contributed by atoms with Gasteiger partial charge in [0.2, 0.25) is 5.91 Å². The zero-order valence-corrected chi connectivity index (χ0v) is 19.4. The van der Waals surface area contributed by atoms with Gasteiger partial charge in [-0.05, 0) is 43.5 Å². The van der Waals surface area contributed by atoms with Gasteiger partial charge in [0, 0.05) is 61.3 Å². The quantitative estimate of drug-likeness (QED) is 0.445. The van der Waals surface area contributed by atoms with Crippen LogP contribution in [0.25, 0.3) is 22.5 Å². The van der Waals surface area contributed by atoms with Crippen LogP contribution in [0, 0.1) is 5.82 Å². The monoisotopic (exact) mass is 472 g/mol. The third-order valence-electron chi connectivity index (χ3n) is 6.22. The molecule has 1 amide bonds. The molecular formula is C25H25FN8O. The molecule has 2 atom stereocenters. The molecule has 0 radical (unpaired) electrons. The molecule has 1 saturated heterocycles. The largest absolute Gasteiger partial charge is 0.340 e. The van der Waals surface area contributed by atoms with Crippen LogP contribution in [0.1, 0.15) is 38.4 Å². The van der Waals surface area contributed by atoms with E-state index < -0.39 is 0 Å². The predicted molar refractivity (Wildman–Crippen MR) is 129 cm³/mol. The molecule has 0 bridgehead atoms. The number of aromatic amines is 1. The van der Waals surface area contributed by atoms with E-state index in [4.69, 9.17) is 9.97 Å². The summed E-state index contributed by atoms with van der Waals surface area (Å²) in [7, 11) is 0. The Labute approximate surface area is 201 Å². The van der Waals surface area contributed by atoms with E-state index in [-0.39, 0.29) is 23.7 Å². The number of halogens is 1. The molecule has 3 aromatic heterocycles. The van der Waals surface area contributed by atoms with Crippen molar-refractivity contribution in [1.29, 1.82) is 0 Å².